The fourth-order valence-corrected chi connectivity index (χ4v) is 3.25. The zero-order valence-corrected chi connectivity index (χ0v) is 16.0. The number of nitrogens with zero attached hydrogens (tertiary/aromatic N) is 3. The monoisotopic (exact) mass is 383 g/mol. The van der Waals surface area contributed by atoms with Gasteiger partial charge in [0.2, 0.25) is 11.8 Å². The second kappa shape index (κ2) is 9.21. The van der Waals surface area contributed by atoms with Gasteiger partial charge in [0.05, 0.1) is 6.26 Å². The molecule has 1 saturated heterocycles. The summed E-state index contributed by atoms with van der Waals surface area (Å²) in [4.78, 5) is 42.4. The molecule has 7 heteroatoms. The summed E-state index contributed by atoms with van der Waals surface area (Å²) in [6, 6.07) is 13.0. The summed E-state index contributed by atoms with van der Waals surface area (Å²) in [5.41, 5.74) is 1.04. The van der Waals surface area contributed by atoms with Crippen LogP contribution in [0, 0.1) is 0 Å². The highest BCUT2D eigenvalue weighted by atomic mass is 16.3. The van der Waals surface area contributed by atoms with Gasteiger partial charge in [-0.25, -0.2) is 0 Å². The Bertz CT molecular complexity index is 796. The van der Waals surface area contributed by atoms with Crippen molar-refractivity contribution in [1.29, 1.82) is 0 Å². The number of carbonyl (C=O) groups is 3. The molecule has 0 aliphatic carbocycles. The number of benzene rings is 1. The van der Waals surface area contributed by atoms with Crippen LogP contribution in [0.5, 0.6) is 0 Å². The van der Waals surface area contributed by atoms with Crippen LogP contribution in [-0.2, 0) is 16.1 Å². The number of furan rings is 1. The highest BCUT2D eigenvalue weighted by molar-refractivity contribution is 5.97. The summed E-state index contributed by atoms with van der Waals surface area (Å²) < 4.78 is 5.14. The van der Waals surface area contributed by atoms with Gasteiger partial charge < -0.3 is 19.1 Å². The Labute approximate surface area is 164 Å². The van der Waals surface area contributed by atoms with Gasteiger partial charge in [-0.15, -0.1) is 0 Å². The number of hydrogen-bond donors (Lipinski definition) is 0. The second-order valence-electron chi connectivity index (χ2n) is 6.72. The average molecular weight is 383 g/mol. The first-order valence-electron chi connectivity index (χ1n) is 9.50. The second-order valence-corrected chi connectivity index (χ2v) is 6.72. The molecule has 0 bridgehead atoms. The lowest BCUT2D eigenvalue weighted by atomic mass is 10.2. The fraction of sp³-hybridized carbons (Fsp3) is 0.381. The fourth-order valence-electron chi connectivity index (χ4n) is 3.25. The molecule has 0 saturated carbocycles. The van der Waals surface area contributed by atoms with Crippen molar-refractivity contribution in [3.63, 3.8) is 0 Å². The molecule has 0 unspecified atom stereocenters. The van der Waals surface area contributed by atoms with Gasteiger partial charge in [-0.2, -0.15) is 0 Å². The predicted octanol–water partition coefficient (Wildman–Crippen LogP) is 2.00. The Hall–Kier alpha value is -3.09. The van der Waals surface area contributed by atoms with Crippen molar-refractivity contribution in [1.82, 2.24) is 14.7 Å². The van der Waals surface area contributed by atoms with Gasteiger partial charge in [-0.3, -0.25) is 14.4 Å². The molecule has 0 N–H and O–H groups in total. The zero-order chi connectivity index (χ0) is 19.9. The van der Waals surface area contributed by atoms with E-state index in [1.54, 1.807) is 26.8 Å². The van der Waals surface area contributed by atoms with E-state index >= 15 is 0 Å². The molecule has 7 nitrogen and oxygen atoms in total. The van der Waals surface area contributed by atoms with E-state index in [9.17, 15) is 14.4 Å². The van der Waals surface area contributed by atoms with Crippen molar-refractivity contribution in [3.8, 4) is 0 Å². The van der Waals surface area contributed by atoms with Crippen molar-refractivity contribution in [2.24, 2.45) is 0 Å². The van der Waals surface area contributed by atoms with Gasteiger partial charge in [0.25, 0.3) is 5.91 Å². The lowest BCUT2D eigenvalue weighted by Crippen LogP contribution is -2.51. The van der Waals surface area contributed by atoms with Gasteiger partial charge in [0.1, 0.15) is 6.42 Å². The molecular weight excluding hydrogens is 358 g/mol. The van der Waals surface area contributed by atoms with Crippen LogP contribution >= 0.6 is 0 Å². The lowest BCUT2D eigenvalue weighted by Gasteiger charge is -2.34. The van der Waals surface area contributed by atoms with Crippen LogP contribution in [0.4, 0.5) is 0 Å². The summed E-state index contributed by atoms with van der Waals surface area (Å²) in [6.07, 6.45) is 1.32. The average Bonchev–Trinajstić information content (AvgIpc) is 3.27. The molecule has 3 amide bonds. The van der Waals surface area contributed by atoms with Gasteiger partial charge in [0.15, 0.2) is 5.76 Å². The van der Waals surface area contributed by atoms with Crippen molar-refractivity contribution in [2.75, 3.05) is 32.7 Å². The lowest BCUT2D eigenvalue weighted by molar-refractivity contribution is -0.141. The van der Waals surface area contributed by atoms with E-state index in [4.69, 9.17) is 4.42 Å². The minimum Gasteiger partial charge on any atom is -0.459 e. The van der Waals surface area contributed by atoms with E-state index in [2.05, 4.69) is 0 Å². The smallest absolute Gasteiger partial charge is 0.289 e. The van der Waals surface area contributed by atoms with E-state index in [-0.39, 0.29) is 24.1 Å². The van der Waals surface area contributed by atoms with Crippen LogP contribution in [0.15, 0.2) is 53.1 Å². The normalized spacial score (nSPS) is 14.0. The molecule has 0 radical (unpaired) electrons. The number of amides is 3. The highest BCUT2D eigenvalue weighted by Crippen LogP contribution is 2.11. The number of rotatable bonds is 6. The molecule has 1 aliphatic rings. The summed E-state index contributed by atoms with van der Waals surface area (Å²) in [5, 5.41) is 0. The van der Waals surface area contributed by atoms with E-state index in [0.29, 0.717) is 45.0 Å². The molecule has 1 fully saturated rings. The Balaban J connectivity index is 1.49. The van der Waals surface area contributed by atoms with E-state index < -0.39 is 0 Å². The third kappa shape index (κ3) is 4.79. The number of piperazine rings is 1. The van der Waals surface area contributed by atoms with Crippen molar-refractivity contribution in [2.45, 2.75) is 19.9 Å². The molecular formula is C21H25N3O4. The number of carbonyl (C=O) groups excluding carboxylic acids is 3. The van der Waals surface area contributed by atoms with Gasteiger partial charge in [0, 0.05) is 39.3 Å². The maximum atomic E-state index is 12.6. The van der Waals surface area contributed by atoms with Crippen molar-refractivity contribution in [3.05, 3.63) is 60.1 Å². The highest BCUT2D eigenvalue weighted by Gasteiger charge is 2.27. The van der Waals surface area contributed by atoms with E-state index in [1.165, 1.54) is 6.26 Å². The third-order valence-electron chi connectivity index (χ3n) is 4.90. The van der Waals surface area contributed by atoms with Crippen molar-refractivity contribution >= 4 is 17.7 Å². The predicted molar refractivity (Wildman–Crippen MR) is 103 cm³/mol. The van der Waals surface area contributed by atoms with E-state index in [0.717, 1.165) is 5.56 Å². The van der Waals surface area contributed by atoms with Gasteiger partial charge in [-0.1, -0.05) is 30.3 Å². The maximum absolute atomic E-state index is 12.6. The standard InChI is InChI=1S/C21H25N3O4/c1-2-22(16-17-7-4-3-5-8-17)19(25)15-20(26)23-10-12-24(13-11-23)21(27)18-9-6-14-28-18/h3-9,14H,2,10-13,15-16H2,1H3. The first-order chi connectivity index (χ1) is 13.6. The molecule has 2 aromatic rings. The summed E-state index contributed by atoms with van der Waals surface area (Å²) in [5.74, 6) is -0.241. The largest absolute Gasteiger partial charge is 0.459 e. The molecule has 148 valence electrons. The Morgan fingerprint density at radius 2 is 1.64 bits per heavy atom. The van der Waals surface area contributed by atoms with Crippen LogP contribution in [0.1, 0.15) is 29.5 Å². The van der Waals surface area contributed by atoms with Gasteiger partial charge in [-0.05, 0) is 24.6 Å². The summed E-state index contributed by atoms with van der Waals surface area (Å²) in [6.45, 7) is 4.65. The van der Waals surface area contributed by atoms with Crippen LogP contribution in [-0.4, -0.2) is 65.1 Å². The zero-order valence-electron chi connectivity index (χ0n) is 16.0. The summed E-state index contributed by atoms with van der Waals surface area (Å²) in [7, 11) is 0. The molecule has 1 aliphatic heterocycles. The molecule has 0 spiro atoms. The quantitative estimate of drug-likeness (QED) is 0.715. The molecule has 2 heterocycles. The first kappa shape index (κ1) is 19.7. The van der Waals surface area contributed by atoms with E-state index in [1.807, 2.05) is 37.3 Å². The Morgan fingerprint density at radius 3 is 2.25 bits per heavy atom. The van der Waals surface area contributed by atoms with Crippen LogP contribution < -0.4 is 0 Å². The molecule has 1 aromatic carbocycles. The Kier molecular flexibility index (Phi) is 6.47. The molecule has 28 heavy (non-hydrogen) atoms. The number of hydrogen-bond acceptors (Lipinski definition) is 4. The SMILES string of the molecule is CCN(Cc1ccccc1)C(=O)CC(=O)N1CCN(C(=O)c2ccco2)CC1. The third-order valence-corrected chi connectivity index (χ3v) is 4.90. The molecule has 1 aromatic heterocycles. The van der Waals surface area contributed by atoms with Crippen LogP contribution in [0.2, 0.25) is 0 Å². The first-order valence-corrected chi connectivity index (χ1v) is 9.50. The molecule has 3 rings (SSSR count). The van der Waals surface area contributed by atoms with Gasteiger partial charge >= 0.3 is 0 Å². The van der Waals surface area contributed by atoms with Crippen LogP contribution in [0.25, 0.3) is 0 Å². The Morgan fingerprint density at radius 1 is 0.964 bits per heavy atom. The molecule has 0 atom stereocenters. The topological polar surface area (TPSA) is 74.1 Å². The minimum absolute atomic E-state index is 0.146. The van der Waals surface area contributed by atoms with Crippen LogP contribution in [0.3, 0.4) is 0 Å². The van der Waals surface area contributed by atoms with Crippen molar-refractivity contribution < 1.29 is 18.8 Å². The summed E-state index contributed by atoms with van der Waals surface area (Å²) >= 11 is 0. The maximum Gasteiger partial charge on any atom is 0.289 e. The minimum atomic E-state index is -0.193.